The van der Waals surface area contributed by atoms with E-state index in [2.05, 4.69) is 15.6 Å². The van der Waals surface area contributed by atoms with Crippen molar-refractivity contribution in [1.82, 2.24) is 10.6 Å². The van der Waals surface area contributed by atoms with Gasteiger partial charge in [-0.15, -0.1) is 0 Å². The highest BCUT2D eigenvalue weighted by Crippen LogP contribution is 2.17. The van der Waals surface area contributed by atoms with Gasteiger partial charge >= 0.3 is 0 Å². The summed E-state index contributed by atoms with van der Waals surface area (Å²) in [4.78, 5) is 4.08. The summed E-state index contributed by atoms with van der Waals surface area (Å²) in [5, 5.41) is 6.27. The van der Waals surface area contributed by atoms with Crippen LogP contribution in [0.3, 0.4) is 0 Å². The van der Waals surface area contributed by atoms with Crippen LogP contribution >= 0.6 is 0 Å². The summed E-state index contributed by atoms with van der Waals surface area (Å²) in [7, 11) is 3.15. The highest BCUT2D eigenvalue weighted by atomic mass is 19.1. The number of guanidine groups is 1. The molecule has 2 N–H and O–H groups in total. The third-order valence-electron chi connectivity index (χ3n) is 2.33. The molecule has 0 bridgehead atoms. The highest BCUT2D eigenvalue weighted by molar-refractivity contribution is 5.79. The van der Waals surface area contributed by atoms with E-state index in [-0.39, 0.29) is 11.6 Å². The molecule has 0 atom stereocenters. The predicted octanol–water partition coefficient (Wildman–Crippen LogP) is 1.91. The molecule has 5 heteroatoms. The molecule has 4 nitrogen and oxygen atoms in total. The van der Waals surface area contributed by atoms with Crippen LogP contribution in [-0.2, 0) is 6.54 Å². The smallest absolute Gasteiger partial charge is 0.191 e. The Balaban J connectivity index is 2.60. The minimum Gasteiger partial charge on any atom is -0.494 e. The molecule has 1 aromatic carbocycles. The van der Waals surface area contributed by atoms with Gasteiger partial charge in [-0.3, -0.25) is 4.99 Å². The molecule has 0 aromatic heterocycles. The summed E-state index contributed by atoms with van der Waals surface area (Å²) in [5.41, 5.74) is 0.833. The second-order valence-electron chi connectivity index (χ2n) is 4.19. The van der Waals surface area contributed by atoms with E-state index in [9.17, 15) is 4.39 Å². The molecule has 0 aliphatic carbocycles. The van der Waals surface area contributed by atoms with Crippen LogP contribution in [0.5, 0.6) is 5.75 Å². The van der Waals surface area contributed by atoms with Gasteiger partial charge in [-0.05, 0) is 31.5 Å². The monoisotopic (exact) mass is 253 g/mol. The minimum atomic E-state index is -0.358. The molecule has 0 fully saturated rings. The van der Waals surface area contributed by atoms with E-state index < -0.39 is 0 Å². The molecule has 1 aromatic rings. The summed E-state index contributed by atoms with van der Waals surface area (Å²) in [6.07, 6.45) is 0. The molecule has 0 heterocycles. The lowest BCUT2D eigenvalue weighted by atomic mass is 10.2. The van der Waals surface area contributed by atoms with Crippen LogP contribution in [0.15, 0.2) is 23.2 Å². The number of hydrogen-bond donors (Lipinski definition) is 2. The number of benzene rings is 1. The van der Waals surface area contributed by atoms with Crippen LogP contribution in [0.25, 0.3) is 0 Å². The number of methoxy groups -OCH3 is 1. The van der Waals surface area contributed by atoms with Crippen LogP contribution in [0.4, 0.5) is 4.39 Å². The Bertz CT molecular complexity index is 419. The molecule has 0 aliphatic heterocycles. The largest absolute Gasteiger partial charge is 0.494 e. The molecule has 0 saturated heterocycles. The zero-order chi connectivity index (χ0) is 13.5. The SMILES string of the molecule is CN=C(NCc1ccc(OC)c(F)c1)NC(C)C. The van der Waals surface area contributed by atoms with Crippen molar-refractivity contribution in [1.29, 1.82) is 0 Å². The topological polar surface area (TPSA) is 45.7 Å². The molecule has 0 unspecified atom stereocenters. The van der Waals surface area contributed by atoms with Crippen molar-refractivity contribution in [2.75, 3.05) is 14.2 Å². The molecule has 0 amide bonds. The van der Waals surface area contributed by atoms with E-state index in [1.54, 1.807) is 13.1 Å². The first-order valence-electron chi connectivity index (χ1n) is 5.86. The number of halogens is 1. The second-order valence-corrected chi connectivity index (χ2v) is 4.19. The lowest BCUT2D eigenvalue weighted by Gasteiger charge is -2.14. The van der Waals surface area contributed by atoms with Crippen LogP contribution in [0.1, 0.15) is 19.4 Å². The Morgan fingerprint density at radius 2 is 2.17 bits per heavy atom. The van der Waals surface area contributed by atoms with E-state index >= 15 is 0 Å². The van der Waals surface area contributed by atoms with Gasteiger partial charge in [0.05, 0.1) is 7.11 Å². The molecular weight excluding hydrogens is 233 g/mol. The summed E-state index contributed by atoms with van der Waals surface area (Å²) < 4.78 is 18.3. The third kappa shape index (κ3) is 4.24. The van der Waals surface area contributed by atoms with Crippen molar-refractivity contribution < 1.29 is 9.13 Å². The molecular formula is C13H20FN3O. The standard InChI is InChI=1S/C13H20FN3O/c1-9(2)17-13(15-3)16-8-10-5-6-12(18-4)11(14)7-10/h5-7,9H,8H2,1-4H3,(H2,15,16,17). The first kappa shape index (κ1) is 14.3. The maximum absolute atomic E-state index is 13.5. The van der Waals surface area contributed by atoms with Gasteiger partial charge in [0.2, 0.25) is 0 Å². The lowest BCUT2D eigenvalue weighted by Crippen LogP contribution is -2.40. The van der Waals surface area contributed by atoms with Crippen molar-refractivity contribution in [3.63, 3.8) is 0 Å². The first-order valence-corrected chi connectivity index (χ1v) is 5.86. The van der Waals surface area contributed by atoms with Gasteiger partial charge in [-0.25, -0.2) is 4.39 Å². The lowest BCUT2D eigenvalue weighted by molar-refractivity contribution is 0.386. The van der Waals surface area contributed by atoms with Crippen molar-refractivity contribution in [3.05, 3.63) is 29.6 Å². The fourth-order valence-corrected chi connectivity index (χ4v) is 1.47. The average molecular weight is 253 g/mol. The van der Waals surface area contributed by atoms with Gasteiger partial charge in [0.15, 0.2) is 17.5 Å². The van der Waals surface area contributed by atoms with Crippen LogP contribution < -0.4 is 15.4 Å². The number of ether oxygens (including phenoxy) is 1. The quantitative estimate of drug-likeness (QED) is 0.636. The molecule has 18 heavy (non-hydrogen) atoms. The third-order valence-corrected chi connectivity index (χ3v) is 2.33. The highest BCUT2D eigenvalue weighted by Gasteiger charge is 2.04. The zero-order valence-electron chi connectivity index (χ0n) is 11.2. The van der Waals surface area contributed by atoms with E-state index in [0.717, 1.165) is 5.56 Å². The molecule has 100 valence electrons. The zero-order valence-corrected chi connectivity index (χ0v) is 11.2. The number of nitrogens with zero attached hydrogens (tertiary/aromatic N) is 1. The number of hydrogen-bond acceptors (Lipinski definition) is 2. The normalized spacial score (nSPS) is 11.6. The van der Waals surface area contributed by atoms with Gasteiger partial charge in [0.1, 0.15) is 0 Å². The minimum absolute atomic E-state index is 0.253. The van der Waals surface area contributed by atoms with Gasteiger partial charge in [-0.2, -0.15) is 0 Å². The van der Waals surface area contributed by atoms with E-state index in [1.807, 2.05) is 19.9 Å². The Morgan fingerprint density at radius 3 is 2.67 bits per heavy atom. The van der Waals surface area contributed by atoms with Crippen LogP contribution in [0, 0.1) is 5.82 Å². The Kier molecular flexibility index (Phi) is 5.42. The van der Waals surface area contributed by atoms with Crippen molar-refractivity contribution in [3.8, 4) is 5.75 Å². The fraction of sp³-hybridized carbons (Fsp3) is 0.462. The van der Waals surface area contributed by atoms with Gasteiger partial charge < -0.3 is 15.4 Å². The maximum atomic E-state index is 13.5. The van der Waals surface area contributed by atoms with E-state index in [1.165, 1.54) is 13.2 Å². The summed E-state index contributed by atoms with van der Waals surface area (Å²) in [5.74, 6) is 0.591. The fourth-order valence-electron chi connectivity index (χ4n) is 1.47. The summed E-state index contributed by atoms with van der Waals surface area (Å²) >= 11 is 0. The molecule has 0 radical (unpaired) electrons. The molecule has 1 rings (SSSR count). The van der Waals surface area contributed by atoms with E-state index in [0.29, 0.717) is 18.5 Å². The molecule has 0 spiro atoms. The summed E-state index contributed by atoms with van der Waals surface area (Å²) in [6.45, 7) is 4.56. The molecule has 0 aliphatic rings. The Morgan fingerprint density at radius 1 is 1.44 bits per heavy atom. The Hall–Kier alpha value is -1.78. The second kappa shape index (κ2) is 6.83. The number of nitrogens with one attached hydrogen (secondary N) is 2. The van der Waals surface area contributed by atoms with E-state index in [4.69, 9.17) is 4.74 Å². The van der Waals surface area contributed by atoms with Crippen molar-refractivity contribution in [2.45, 2.75) is 26.4 Å². The summed E-state index contributed by atoms with van der Waals surface area (Å²) in [6, 6.07) is 5.18. The first-order chi connectivity index (χ1) is 8.56. The van der Waals surface area contributed by atoms with Crippen LogP contribution in [-0.4, -0.2) is 26.2 Å². The van der Waals surface area contributed by atoms with Crippen molar-refractivity contribution in [2.24, 2.45) is 4.99 Å². The number of rotatable bonds is 4. The number of aliphatic imine (C=N–C) groups is 1. The van der Waals surface area contributed by atoms with Gasteiger partial charge in [-0.1, -0.05) is 6.07 Å². The average Bonchev–Trinajstić information content (AvgIpc) is 2.34. The van der Waals surface area contributed by atoms with Crippen molar-refractivity contribution >= 4 is 5.96 Å². The predicted molar refractivity (Wildman–Crippen MR) is 71.4 cm³/mol. The van der Waals surface area contributed by atoms with Gasteiger partial charge in [0.25, 0.3) is 0 Å². The Labute approximate surface area is 107 Å². The maximum Gasteiger partial charge on any atom is 0.191 e. The van der Waals surface area contributed by atoms with Crippen LogP contribution in [0.2, 0.25) is 0 Å². The van der Waals surface area contributed by atoms with Gasteiger partial charge in [0, 0.05) is 19.6 Å². The molecule has 0 saturated carbocycles.